The van der Waals surface area contributed by atoms with Gasteiger partial charge in [-0.2, -0.15) is 0 Å². The third-order valence-corrected chi connectivity index (χ3v) is 5.95. The molecule has 0 unspecified atom stereocenters. The Kier molecular flexibility index (Phi) is 7.12. The Labute approximate surface area is 214 Å². The van der Waals surface area contributed by atoms with Crippen molar-refractivity contribution < 1.29 is 23.9 Å². The molecule has 1 aliphatic heterocycles. The average Bonchev–Trinajstić information content (AvgIpc) is 2.82. The first kappa shape index (κ1) is 25.0. The zero-order valence-electron chi connectivity index (χ0n) is 20.3. The lowest BCUT2D eigenvalue weighted by atomic mass is 10.0. The van der Waals surface area contributed by atoms with Crippen LogP contribution in [0.5, 0.6) is 11.5 Å². The van der Waals surface area contributed by atoms with Crippen LogP contribution in [0.15, 0.2) is 60.2 Å². The van der Waals surface area contributed by atoms with Gasteiger partial charge >= 0.3 is 6.03 Å². The molecule has 0 spiro atoms. The maximum absolute atomic E-state index is 13.4. The molecular weight excluding hydrogens is 480 g/mol. The number of nitrogens with zero attached hydrogens (tertiary/aromatic N) is 1. The highest BCUT2D eigenvalue weighted by atomic mass is 35.5. The van der Waals surface area contributed by atoms with E-state index in [2.05, 4.69) is 11.4 Å². The highest BCUT2D eigenvalue weighted by molar-refractivity contribution is 6.39. The Morgan fingerprint density at radius 2 is 1.67 bits per heavy atom. The highest BCUT2D eigenvalue weighted by Crippen LogP contribution is 2.31. The molecule has 8 heteroatoms. The van der Waals surface area contributed by atoms with E-state index in [-0.39, 0.29) is 12.2 Å². The molecule has 0 aliphatic carbocycles. The monoisotopic (exact) mass is 504 g/mol. The number of amides is 4. The van der Waals surface area contributed by atoms with Crippen molar-refractivity contribution in [3.8, 4) is 11.5 Å². The SMILES string of the molecule is COc1ccc(/C=C2\C(=O)NC(=O)N(c3cc(Cl)ccc3C)C2=O)c(OCc2cc(C)cc(C)c2)c1. The number of carbonyl (C=O) groups excluding carboxylic acids is 3. The smallest absolute Gasteiger partial charge is 0.335 e. The number of nitrogens with one attached hydrogen (secondary N) is 1. The first-order valence-corrected chi connectivity index (χ1v) is 11.6. The molecule has 184 valence electrons. The molecule has 0 aromatic heterocycles. The van der Waals surface area contributed by atoms with Crippen LogP contribution >= 0.6 is 11.6 Å². The van der Waals surface area contributed by atoms with E-state index >= 15 is 0 Å². The van der Waals surface area contributed by atoms with E-state index in [1.54, 1.807) is 37.3 Å². The second-order valence-corrected chi connectivity index (χ2v) is 9.01. The minimum Gasteiger partial charge on any atom is -0.497 e. The van der Waals surface area contributed by atoms with Crippen LogP contribution in [0.4, 0.5) is 10.5 Å². The van der Waals surface area contributed by atoms with E-state index in [4.69, 9.17) is 21.1 Å². The van der Waals surface area contributed by atoms with Crippen LogP contribution in [0.3, 0.4) is 0 Å². The van der Waals surface area contributed by atoms with E-state index in [9.17, 15) is 14.4 Å². The van der Waals surface area contributed by atoms with Crippen molar-refractivity contribution >= 4 is 41.2 Å². The fourth-order valence-corrected chi connectivity index (χ4v) is 4.22. The molecule has 1 heterocycles. The summed E-state index contributed by atoms with van der Waals surface area (Å²) in [6.45, 7) is 6.05. The number of halogens is 1. The van der Waals surface area contributed by atoms with Gasteiger partial charge in [0.2, 0.25) is 0 Å². The van der Waals surface area contributed by atoms with Crippen LogP contribution in [0.25, 0.3) is 6.08 Å². The second-order valence-electron chi connectivity index (χ2n) is 8.58. The number of carbonyl (C=O) groups is 3. The van der Waals surface area contributed by atoms with Crippen molar-refractivity contribution in [2.45, 2.75) is 27.4 Å². The minimum absolute atomic E-state index is 0.213. The normalized spacial score (nSPS) is 14.8. The molecule has 3 aromatic carbocycles. The summed E-state index contributed by atoms with van der Waals surface area (Å²) in [6.07, 6.45) is 1.41. The topological polar surface area (TPSA) is 84.9 Å². The van der Waals surface area contributed by atoms with Gasteiger partial charge in [-0.3, -0.25) is 14.9 Å². The molecule has 4 amide bonds. The van der Waals surface area contributed by atoms with Gasteiger partial charge in [0.1, 0.15) is 23.7 Å². The molecule has 0 radical (unpaired) electrons. The predicted molar refractivity (Wildman–Crippen MR) is 138 cm³/mol. The molecule has 0 saturated carbocycles. The van der Waals surface area contributed by atoms with Gasteiger partial charge in [0, 0.05) is 16.7 Å². The largest absolute Gasteiger partial charge is 0.497 e. The van der Waals surface area contributed by atoms with Crippen molar-refractivity contribution in [1.82, 2.24) is 5.32 Å². The summed E-state index contributed by atoms with van der Waals surface area (Å²) in [5.74, 6) is -0.579. The number of urea groups is 1. The molecule has 1 aliphatic rings. The van der Waals surface area contributed by atoms with Gasteiger partial charge in [0.25, 0.3) is 11.8 Å². The van der Waals surface area contributed by atoms with Crippen LogP contribution in [0.2, 0.25) is 5.02 Å². The number of imide groups is 2. The van der Waals surface area contributed by atoms with Gasteiger partial charge in [-0.15, -0.1) is 0 Å². The molecule has 0 bridgehead atoms. The van der Waals surface area contributed by atoms with Crippen molar-refractivity contribution in [2.75, 3.05) is 12.0 Å². The molecule has 7 nitrogen and oxygen atoms in total. The molecular formula is C28H25ClN2O5. The summed E-state index contributed by atoms with van der Waals surface area (Å²) in [7, 11) is 1.54. The van der Waals surface area contributed by atoms with Crippen molar-refractivity contribution in [3.63, 3.8) is 0 Å². The molecule has 1 N–H and O–H groups in total. The molecule has 4 rings (SSSR count). The summed E-state index contributed by atoms with van der Waals surface area (Å²) in [6, 6.07) is 15.2. The molecule has 36 heavy (non-hydrogen) atoms. The number of methoxy groups -OCH3 is 1. The van der Waals surface area contributed by atoms with E-state index in [1.807, 2.05) is 26.0 Å². The Hall–Kier alpha value is -4.10. The number of rotatable bonds is 6. The zero-order valence-corrected chi connectivity index (χ0v) is 21.1. The maximum atomic E-state index is 13.4. The Morgan fingerprint density at radius 1 is 0.944 bits per heavy atom. The Balaban J connectivity index is 1.71. The molecule has 1 saturated heterocycles. The van der Waals surface area contributed by atoms with Crippen LogP contribution in [-0.4, -0.2) is 25.0 Å². The van der Waals surface area contributed by atoms with Gasteiger partial charge in [-0.1, -0.05) is 47.0 Å². The van der Waals surface area contributed by atoms with Crippen LogP contribution in [0.1, 0.15) is 27.8 Å². The van der Waals surface area contributed by atoms with Gasteiger partial charge in [0.15, 0.2) is 0 Å². The van der Waals surface area contributed by atoms with E-state index < -0.39 is 17.8 Å². The van der Waals surface area contributed by atoms with E-state index in [0.717, 1.165) is 21.6 Å². The zero-order chi connectivity index (χ0) is 26.0. The maximum Gasteiger partial charge on any atom is 0.335 e. The van der Waals surface area contributed by atoms with Gasteiger partial charge in [-0.25, -0.2) is 9.69 Å². The standard InChI is InChI=1S/C28H25ClN2O5/c1-16-9-17(2)11-19(10-16)15-36-25-14-22(35-4)8-6-20(25)12-23-26(32)30-28(34)31(27(23)33)24-13-21(29)7-5-18(24)3/h5-14H,15H2,1-4H3,(H,30,32,34)/b23-12+. The third kappa shape index (κ3) is 5.26. The summed E-state index contributed by atoms with van der Waals surface area (Å²) in [5.41, 5.74) is 4.43. The quantitative estimate of drug-likeness (QED) is 0.353. The van der Waals surface area contributed by atoms with Gasteiger partial charge in [-0.05, 0) is 62.2 Å². The Morgan fingerprint density at radius 3 is 2.36 bits per heavy atom. The number of anilines is 1. The number of ether oxygens (including phenoxy) is 2. The summed E-state index contributed by atoms with van der Waals surface area (Å²) in [4.78, 5) is 39.6. The van der Waals surface area contributed by atoms with Crippen molar-refractivity contribution in [1.29, 1.82) is 0 Å². The predicted octanol–water partition coefficient (Wildman–Crippen LogP) is 5.52. The second kappa shape index (κ2) is 10.3. The number of barbiturate groups is 1. The summed E-state index contributed by atoms with van der Waals surface area (Å²) < 4.78 is 11.4. The molecule has 0 atom stereocenters. The summed E-state index contributed by atoms with van der Waals surface area (Å²) in [5, 5.41) is 2.60. The van der Waals surface area contributed by atoms with Crippen LogP contribution in [0, 0.1) is 20.8 Å². The lowest BCUT2D eigenvalue weighted by molar-refractivity contribution is -0.122. The minimum atomic E-state index is -0.839. The van der Waals surface area contributed by atoms with E-state index in [1.165, 1.54) is 19.3 Å². The number of hydrogen-bond donors (Lipinski definition) is 1. The first-order chi connectivity index (χ1) is 17.2. The van der Waals surface area contributed by atoms with Gasteiger partial charge < -0.3 is 9.47 Å². The van der Waals surface area contributed by atoms with Crippen LogP contribution in [-0.2, 0) is 16.2 Å². The van der Waals surface area contributed by atoms with Crippen molar-refractivity contribution in [3.05, 3.63) is 93.0 Å². The first-order valence-electron chi connectivity index (χ1n) is 11.2. The fourth-order valence-electron chi connectivity index (χ4n) is 4.05. The lowest BCUT2D eigenvalue weighted by Crippen LogP contribution is -2.54. The third-order valence-electron chi connectivity index (χ3n) is 5.71. The number of benzene rings is 3. The Bertz CT molecular complexity index is 1390. The fraction of sp³-hybridized carbons (Fsp3) is 0.179. The number of aryl methyl sites for hydroxylation is 3. The lowest BCUT2D eigenvalue weighted by Gasteiger charge is -2.27. The average molecular weight is 505 g/mol. The highest BCUT2D eigenvalue weighted by Gasteiger charge is 2.37. The van der Waals surface area contributed by atoms with Crippen molar-refractivity contribution in [2.24, 2.45) is 0 Å². The van der Waals surface area contributed by atoms with E-state index in [0.29, 0.717) is 33.3 Å². The molecule has 3 aromatic rings. The summed E-state index contributed by atoms with van der Waals surface area (Å²) >= 11 is 6.10. The number of hydrogen-bond acceptors (Lipinski definition) is 5. The van der Waals surface area contributed by atoms with Gasteiger partial charge in [0.05, 0.1) is 12.8 Å². The molecule has 1 fully saturated rings. The van der Waals surface area contributed by atoms with Crippen LogP contribution < -0.4 is 19.7 Å².